The van der Waals surface area contributed by atoms with Gasteiger partial charge in [-0.15, -0.1) is 0 Å². The first-order chi connectivity index (χ1) is 14.5. The van der Waals surface area contributed by atoms with Gasteiger partial charge in [0.1, 0.15) is 0 Å². The number of anilines is 1. The highest BCUT2D eigenvalue weighted by atomic mass is 35.5. The Labute approximate surface area is 180 Å². The van der Waals surface area contributed by atoms with E-state index in [1.807, 2.05) is 55.1 Å². The number of hydrogen-bond acceptors (Lipinski definition) is 6. The van der Waals surface area contributed by atoms with Crippen molar-refractivity contribution in [1.82, 2.24) is 15.0 Å². The Kier molecular flexibility index (Phi) is 6.01. The molecule has 0 aliphatic carbocycles. The monoisotopic (exact) mass is 426 g/mol. The van der Waals surface area contributed by atoms with E-state index in [4.69, 9.17) is 20.9 Å². The highest BCUT2D eigenvalue weighted by Crippen LogP contribution is 2.20. The molecule has 1 aliphatic rings. The molecular formula is C22H23ClN4O3. The Hall–Kier alpha value is -2.90. The molecule has 2 atom stereocenters. The Morgan fingerprint density at radius 3 is 2.43 bits per heavy atom. The SMILES string of the molecule is C[C@H]1CN(C(=O)c2ccc(NCc3nc(-c4ccc(Cl)cc4)no3)cc2)C[C@H](C)O1. The number of halogens is 1. The number of nitrogens with zero attached hydrogens (tertiary/aromatic N) is 3. The van der Waals surface area contributed by atoms with Crippen LogP contribution in [0.15, 0.2) is 53.1 Å². The van der Waals surface area contributed by atoms with E-state index in [0.29, 0.717) is 41.9 Å². The number of morpholine rings is 1. The van der Waals surface area contributed by atoms with Crippen LogP contribution in [0, 0.1) is 0 Å². The predicted octanol–water partition coefficient (Wildman–Crippen LogP) is 4.25. The van der Waals surface area contributed by atoms with Crippen molar-refractivity contribution in [2.45, 2.75) is 32.6 Å². The Morgan fingerprint density at radius 2 is 1.77 bits per heavy atom. The van der Waals surface area contributed by atoms with Gasteiger partial charge in [-0.3, -0.25) is 4.79 Å². The number of ether oxygens (including phenoxy) is 1. The van der Waals surface area contributed by atoms with E-state index < -0.39 is 0 Å². The molecule has 1 aliphatic heterocycles. The maximum atomic E-state index is 12.7. The van der Waals surface area contributed by atoms with Gasteiger partial charge in [0.25, 0.3) is 5.91 Å². The van der Waals surface area contributed by atoms with Crippen LogP contribution in [0.3, 0.4) is 0 Å². The minimum absolute atomic E-state index is 0.0213. The molecule has 2 heterocycles. The number of hydrogen-bond donors (Lipinski definition) is 1. The molecule has 1 N–H and O–H groups in total. The molecule has 0 radical (unpaired) electrons. The van der Waals surface area contributed by atoms with E-state index in [0.717, 1.165) is 11.3 Å². The smallest absolute Gasteiger partial charge is 0.254 e. The summed E-state index contributed by atoms with van der Waals surface area (Å²) in [4.78, 5) is 19.0. The minimum Gasteiger partial charge on any atom is -0.376 e. The van der Waals surface area contributed by atoms with Gasteiger partial charge in [0.05, 0.1) is 18.8 Å². The molecule has 1 fully saturated rings. The molecule has 30 heavy (non-hydrogen) atoms. The molecule has 7 nitrogen and oxygen atoms in total. The van der Waals surface area contributed by atoms with E-state index in [9.17, 15) is 4.79 Å². The summed E-state index contributed by atoms with van der Waals surface area (Å²) in [5, 5.41) is 7.89. The number of carbonyl (C=O) groups is 1. The lowest BCUT2D eigenvalue weighted by Gasteiger charge is -2.35. The second-order valence-corrected chi connectivity index (χ2v) is 7.85. The first-order valence-corrected chi connectivity index (χ1v) is 10.2. The van der Waals surface area contributed by atoms with E-state index >= 15 is 0 Å². The lowest BCUT2D eigenvalue weighted by Crippen LogP contribution is -2.48. The van der Waals surface area contributed by atoms with Crippen molar-refractivity contribution >= 4 is 23.2 Å². The van der Waals surface area contributed by atoms with Crippen molar-refractivity contribution in [1.29, 1.82) is 0 Å². The molecule has 0 saturated carbocycles. The lowest BCUT2D eigenvalue weighted by atomic mass is 10.1. The second-order valence-electron chi connectivity index (χ2n) is 7.42. The standard InChI is InChI=1S/C22H23ClN4O3/c1-14-12-27(13-15(2)29-14)22(28)17-5-9-19(10-6-17)24-11-20-25-21(26-30-20)16-3-7-18(23)8-4-16/h3-10,14-15,24H,11-13H2,1-2H3/t14-,15-/m0/s1. The maximum absolute atomic E-state index is 12.7. The topological polar surface area (TPSA) is 80.5 Å². The van der Waals surface area contributed by atoms with Gasteiger partial charge < -0.3 is 19.5 Å². The fourth-order valence-corrected chi connectivity index (χ4v) is 3.60. The third-order valence-electron chi connectivity index (χ3n) is 4.85. The number of carbonyl (C=O) groups excluding carboxylic acids is 1. The summed E-state index contributed by atoms with van der Waals surface area (Å²) >= 11 is 5.91. The molecule has 1 amide bonds. The van der Waals surface area contributed by atoms with Crippen LogP contribution in [0.4, 0.5) is 5.69 Å². The van der Waals surface area contributed by atoms with Crippen molar-refractivity contribution in [2.24, 2.45) is 0 Å². The molecule has 0 spiro atoms. The summed E-state index contributed by atoms with van der Waals surface area (Å²) < 4.78 is 11.0. The van der Waals surface area contributed by atoms with Gasteiger partial charge in [0.15, 0.2) is 0 Å². The average Bonchev–Trinajstić information content (AvgIpc) is 3.21. The fraction of sp³-hybridized carbons (Fsp3) is 0.318. The van der Waals surface area contributed by atoms with E-state index in [-0.39, 0.29) is 18.1 Å². The molecule has 156 valence electrons. The number of amides is 1. The summed E-state index contributed by atoms with van der Waals surface area (Å²) in [7, 11) is 0. The minimum atomic E-state index is 0.0213. The quantitative estimate of drug-likeness (QED) is 0.656. The van der Waals surface area contributed by atoms with Gasteiger partial charge in [0.2, 0.25) is 11.7 Å². The molecule has 1 saturated heterocycles. The van der Waals surface area contributed by atoms with Crippen molar-refractivity contribution in [3.05, 3.63) is 65.0 Å². The molecule has 8 heteroatoms. The number of aromatic nitrogens is 2. The summed E-state index contributed by atoms with van der Waals surface area (Å²) in [6, 6.07) is 14.6. The van der Waals surface area contributed by atoms with Gasteiger partial charge in [-0.1, -0.05) is 16.8 Å². The van der Waals surface area contributed by atoms with Crippen LogP contribution < -0.4 is 5.32 Å². The van der Waals surface area contributed by atoms with Crippen LogP contribution in [-0.2, 0) is 11.3 Å². The molecule has 0 unspecified atom stereocenters. The highest BCUT2D eigenvalue weighted by molar-refractivity contribution is 6.30. The van der Waals surface area contributed by atoms with E-state index in [1.54, 1.807) is 12.1 Å². The molecule has 2 aromatic carbocycles. The summed E-state index contributed by atoms with van der Waals surface area (Å²) in [5.41, 5.74) is 2.36. The van der Waals surface area contributed by atoms with Crippen LogP contribution in [0.2, 0.25) is 5.02 Å². The van der Waals surface area contributed by atoms with Gasteiger partial charge >= 0.3 is 0 Å². The Morgan fingerprint density at radius 1 is 1.10 bits per heavy atom. The first kappa shape index (κ1) is 20.4. The summed E-state index contributed by atoms with van der Waals surface area (Å²) in [6.07, 6.45) is 0.0941. The largest absolute Gasteiger partial charge is 0.376 e. The maximum Gasteiger partial charge on any atom is 0.254 e. The number of nitrogens with one attached hydrogen (secondary N) is 1. The highest BCUT2D eigenvalue weighted by Gasteiger charge is 2.26. The molecule has 4 rings (SSSR count). The van der Waals surface area contributed by atoms with Crippen molar-refractivity contribution in [3.8, 4) is 11.4 Å². The van der Waals surface area contributed by atoms with Gasteiger partial charge in [0, 0.05) is 34.9 Å². The van der Waals surface area contributed by atoms with Crippen molar-refractivity contribution in [2.75, 3.05) is 18.4 Å². The van der Waals surface area contributed by atoms with E-state index in [1.165, 1.54) is 0 Å². The summed E-state index contributed by atoms with van der Waals surface area (Å²) in [6.45, 7) is 5.57. The van der Waals surface area contributed by atoms with Crippen LogP contribution in [0.25, 0.3) is 11.4 Å². The van der Waals surface area contributed by atoms with Crippen LogP contribution in [0.1, 0.15) is 30.1 Å². The molecular weight excluding hydrogens is 404 g/mol. The zero-order chi connectivity index (χ0) is 21.1. The van der Waals surface area contributed by atoms with Gasteiger partial charge in [-0.2, -0.15) is 4.98 Å². The van der Waals surface area contributed by atoms with Crippen LogP contribution in [-0.4, -0.2) is 46.2 Å². The molecule has 3 aromatic rings. The van der Waals surface area contributed by atoms with Gasteiger partial charge in [-0.25, -0.2) is 0 Å². The van der Waals surface area contributed by atoms with Gasteiger partial charge in [-0.05, 0) is 62.4 Å². The van der Waals surface area contributed by atoms with Crippen molar-refractivity contribution in [3.63, 3.8) is 0 Å². The molecule has 0 bridgehead atoms. The number of rotatable bonds is 5. The first-order valence-electron chi connectivity index (χ1n) is 9.85. The number of benzene rings is 2. The van der Waals surface area contributed by atoms with Crippen LogP contribution in [0.5, 0.6) is 0 Å². The lowest BCUT2D eigenvalue weighted by molar-refractivity contribution is -0.0586. The second kappa shape index (κ2) is 8.85. The normalized spacial score (nSPS) is 19.0. The zero-order valence-electron chi connectivity index (χ0n) is 16.8. The average molecular weight is 427 g/mol. The predicted molar refractivity (Wildman–Crippen MR) is 114 cm³/mol. The van der Waals surface area contributed by atoms with Crippen LogP contribution >= 0.6 is 11.6 Å². The third kappa shape index (κ3) is 4.80. The fourth-order valence-electron chi connectivity index (χ4n) is 3.48. The molecule has 1 aromatic heterocycles. The summed E-state index contributed by atoms with van der Waals surface area (Å²) in [5.74, 6) is 1.00. The third-order valence-corrected chi connectivity index (χ3v) is 5.10. The Bertz CT molecular complexity index is 994. The van der Waals surface area contributed by atoms with Crippen molar-refractivity contribution < 1.29 is 14.1 Å². The zero-order valence-corrected chi connectivity index (χ0v) is 17.6. The Balaban J connectivity index is 1.35. The van der Waals surface area contributed by atoms with E-state index in [2.05, 4.69) is 15.5 Å².